The topological polar surface area (TPSA) is 163 Å². The van der Waals surface area contributed by atoms with Crippen molar-refractivity contribution in [2.24, 2.45) is 11.8 Å². The quantitative estimate of drug-likeness (QED) is 0.159. The molecule has 2 unspecified atom stereocenters. The number of ether oxygens (including phenoxy) is 1. The summed E-state index contributed by atoms with van der Waals surface area (Å²) in [4.78, 5) is 56.4. The number of hydrogen-bond acceptors (Lipinski definition) is 9. The van der Waals surface area contributed by atoms with Crippen molar-refractivity contribution in [1.29, 1.82) is 0 Å². The van der Waals surface area contributed by atoms with Gasteiger partial charge in [0.15, 0.2) is 17.2 Å². The zero-order chi connectivity index (χ0) is 35.2. The van der Waals surface area contributed by atoms with E-state index in [-0.39, 0.29) is 36.8 Å². The molecule has 264 valence electrons. The Balaban J connectivity index is 1.49. The molecular weight excluding hydrogens is 626 g/mol. The molecule has 1 fully saturated rings. The van der Waals surface area contributed by atoms with Gasteiger partial charge >= 0.3 is 0 Å². The number of rotatable bonds is 18. The van der Waals surface area contributed by atoms with Gasteiger partial charge in [-0.1, -0.05) is 86.6 Å². The lowest BCUT2D eigenvalue weighted by atomic mass is 9.94. The molecule has 1 saturated heterocycles. The first-order valence-electron chi connectivity index (χ1n) is 17.0. The molecule has 4 atom stereocenters. The van der Waals surface area contributed by atoms with Crippen LogP contribution in [-0.4, -0.2) is 89.7 Å². The molecule has 12 nitrogen and oxygen atoms in total. The number of benzene rings is 2. The number of nitrogens with one attached hydrogen (secondary N) is 3. The second-order valence-corrected chi connectivity index (χ2v) is 13.0. The number of Topliss-reactive ketones (excluding diaryl/α,β-unsaturated/α-hetero) is 1. The van der Waals surface area contributed by atoms with Crippen molar-refractivity contribution in [3.8, 4) is 0 Å². The van der Waals surface area contributed by atoms with Gasteiger partial charge in [-0.3, -0.25) is 24.1 Å². The van der Waals surface area contributed by atoms with Crippen molar-refractivity contribution >= 4 is 23.5 Å². The molecule has 1 aromatic heterocycles. The van der Waals surface area contributed by atoms with Crippen LogP contribution >= 0.6 is 0 Å². The van der Waals surface area contributed by atoms with Crippen molar-refractivity contribution in [3.63, 3.8) is 0 Å². The number of amides is 3. The highest BCUT2D eigenvalue weighted by Crippen LogP contribution is 2.14. The largest absolute Gasteiger partial charge is 0.396 e. The average Bonchev–Trinajstić information content (AvgIpc) is 3.58. The lowest BCUT2D eigenvalue weighted by molar-refractivity contribution is -0.133. The Bertz CT molecular complexity index is 1490. The predicted molar refractivity (Wildman–Crippen MR) is 183 cm³/mol. The van der Waals surface area contributed by atoms with Crippen LogP contribution in [0.1, 0.15) is 61.0 Å². The van der Waals surface area contributed by atoms with Crippen LogP contribution < -0.4 is 16.0 Å². The number of aryl methyl sites for hydroxylation is 1. The molecule has 0 bridgehead atoms. The Morgan fingerprint density at radius 2 is 1.45 bits per heavy atom. The number of carbonyl (C=O) groups is 4. The Kier molecular flexibility index (Phi) is 14.5. The molecule has 0 aliphatic carbocycles. The van der Waals surface area contributed by atoms with Gasteiger partial charge in [-0.25, -0.2) is 0 Å². The van der Waals surface area contributed by atoms with E-state index < -0.39 is 41.8 Å². The first kappa shape index (κ1) is 37.4. The Morgan fingerprint density at radius 1 is 0.837 bits per heavy atom. The van der Waals surface area contributed by atoms with Gasteiger partial charge in [-0.05, 0) is 42.7 Å². The van der Waals surface area contributed by atoms with Gasteiger partial charge in [0.05, 0.1) is 32.4 Å². The molecule has 3 amide bonds. The molecule has 49 heavy (non-hydrogen) atoms. The van der Waals surface area contributed by atoms with Gasteiger partial charge in [0.25, 0.3) is 5.91 Å². The lowest BCUT2D eigenvalue weighted by Crippen LogP contribution is -2.57. The summed E-state index contributed by atoms with van der Waals surface area (Å²) in [7, 11) is 0. The molecule has 1 aliphatic heterocycles. The Morgan fingerprint density at radius 3 is 2.08 bits per heavy atom. The number of aliphatic hydroxyl groups excluding tert-OH is 1. The van der Waals surface area contributed by atoms with Crippen molar-refractivity contribution in [2.45, 2.75) is 71.1 Å². The number of morpholine rings is 1. The van der Waals surface area contributed by atoms with Crippen LogP contribution in [0.15, 0.2) is 71.3 Å². The van der Waals surface area contributed by atoms with Crippen LogP contribution in [-0.2, 0) is 38.5 Å². The van der Waals surface area contributed by atoms with E-state index in [4.69, 9.17) is 9.26 Å². The molecule has 1 aliphatic rings. The summed E-state index contributed by atoms with van der Waals surface area (Å²) in [5.41, 5.74) is 1.89. The molecule has 0 spiro atoms. The first-order chi connectivity index (χ1) is 23.6. The summed E-state index contributed by atoms with van der Waals surface area (Å²) in [5.74, 6) is -2.05. The molecule has 12 heteroatoms. The van der Waals surface area contributed by atoms with Gasteiger partial charge in [0.2, 0.25) is 11.8 Å². The SMILES string of the molecule is CC(C)C[C@H](NC(=O)[C@H](CCc1ccccc1)NC(=O)c1cc(CN2CCOCC2)on1)C(=O)NC(Cc1ccccc1)C(=O)C(C)CO. The van der Waals surface area contributed by atoms with E-state index in [0.717, 1.165) is 24.2 Å². The summed E-state index contributed by atoms with van der Waals surface area (Å²) < 4.78 is 10.8. The van der Waals surface area contributed by atoms with Crippen LogP contribution in [0.4, 0.5) is 0 Å². The minimum absolute atomic E-state index is 0.0214. The van der Waals surface area contributed by atoms with E-state index in [9.17, 15) is 24.3 Å². The standard InChI is InChI=1S/C37H49N5O7/c1-25(2)20-32(36(46)39-31(34(44)26(3)24-43)21-28-12-8-5-9-13-28)40-35(45)30(15-14-27-10-6-4-7-11-27)38-37(47)33-22-29(49-41-33)23-42-16-18-48-19-17-42/h4-13,22,25-26,30-32,43H,14-21,23-24H2,1-3H3,(H,38,47)(H,39,46)(H,40,45)/t26?,30-,31?,32-/m0/s1. The van der Waals surface area contributed by atoms with E-state index in [1.165, 1.54) is 0 Å². The predicted octanol–water partition coefficient (Wildman–Crippen LogP) is 2.69. The molecular formula is C37H49N5O7. The molecule has 0 radical (unpaired) electrons. The third kappa shape index (κ3) is 11.9. The fourth-order valence-electron chi connectivity index (χ4n) is 5.68. The minimum atomic E-state index is -0.995. The smallest absolute Gasteiger partial charge is 0.274 e. The van der Waals surface area contributed by atoms with E-state index in [1.807, 2.05) is 74.5 Å². The van der Waals surface area contributed by atoms with Gasteiger partial charge in [-0.15, -0.1) is 0 Å². The van der Waals surface area contributed by atoms with Crippen molar-refractivity contribution in [1.82, 2.24) is 26.0 Å². The maximum Gasteiger partial charge on any atom is 0.274 e. The highest BCUT2D eigenvalue weighted by molar-refractivity contribution is 5.98. The van der Waals surface area contributed by atoms with Gasteiger partial charge in [0.1, 0.15) is 12.1 Å². The summed E-state index contributed by atoms with van der Waals surface area (Å²) in [5, 5.41) is 22.2. The summed E-state index contributed by atoms with van der Waals surface area (Å²) in [6, 6.07) is 17.6. The zero-order valence-corrected chi connectivity index (χ0v) is 28.6. The zero-order valence-electron chi connectivity index (χ0n) is 28.6. The Labute approximate surface area is 287 Å². The second-order valence-electron chi connectivity index (χ2n) is 13.0. The number of aliphatic hydroxyl groups is 1. The van der Waals surface area contributed by atoms with Crippen LogP contribution in [0.2, 0.25) is 0 Å². The van der Waals surface area contributed by atoms with E-state index in [0.29, 0.717) is 38.4 Å². The normalized spacial score (nSPS) is 15.9. The monoisotopic (exact) mass is 675 g/mol. The maximum absolute atomic E-state index is 13.9. The number of hydrogen-bond donors (Lipinski definition) is 4. The first-order valence-corrected chi connectivity index (χ1v) is 17.0. The molecule has 4 N–H and O–H groups in total. The van der Waals surface area contributed by atoms with E-state index >= 15 is 0 Å². The fourth-order valence-corrected chi connectivity index (χ4v) is 5.68. The molecule has 4 rings (SSSR count). The van der Waals surface area contributed by atoms with Gasteiger partial charge in [-0.2, -0.15) is 0 Å². The minimum Gasteiger partial charge on any atom is -0.396 e. The maximum atomic E-state index is 13.9. The van der Waals surface area contributed by atoms with Crippen LogP contribution in [0.25, 0.3) is 0 Å². The Hall–Kier alpha value is -4.39. The van der Waals surface area contributed by atoms with Crippen molar-refractivity contribution < 1.29 is 33.5 Å². The molecule has 2 aromatic carbocycles. The highest BCUT2D eigenvalue weighted by Gasteiger charge is 2.32. The van der Waals surface area contributed by atoms with E-state index in [1.54, 1.807) is 13.0 Å². The van der Waals surface area contributed by atoms with Crippen LogP contribution in [0, 0.1) is 11.8 Å². The number of carbonyl (C=O) groups excluding carboxylic acids is 4. The van der Waals surface area contributed by atoms with Crippen LogP contribution in [0.3, 0.4) is 0 Å². The van der Waals surface area contributed by atoms with Crippen molar-refractivity contribution in [2.75, 3.05) is 32.9 Å². The van der Waals surface area contributed by atoms with Crippen LogP contribution in [0.5, 0.6) is 0 Å². The number of ketones is 1. The number of nitrogens with zero attached hydrogens (tertiary/aromatic N) is 2. The number of aromatic nitrogens is 1. The van der Waals surface area contributed by atoms with Crippen molar-refractivity contribution in [3.05, 3.63) is 89.3 Å². The van der Waals surface area contributed by atoms with Gasteiger partial charge < -0.3 is 30.3 Å². The van der Waals surface area contributed by atoms with Gasteiger partial charge in [0, 0.05) is 25.1 Å². The lowest BCUT2D eigenvalue weighted by Gasteiger charge is -2.27. The summed E-state index contributed by atoms with van der Waals surface area (Å²) >= 11 is 0. The molecule has 0 saturated carbocycles. The van der Waals surface area contributed by atoms with E-state index in [2.05, 4.69) is 26.0 Å². The third-order valence-corrected chi connectivity index (χ3v) is 8.50. The molecule has 2 heterocycles. The highest BCUT2D eigenvalue weighted by atomic mass is 16.5. The summed E-state index contributed by atoms with van der Waals surface area (Å²) in [6.45, 7) is 8.35. The third-order valence-electron chi connectivity index (χ3n) is 8.50. The second kappa shape index (κ2) is 19.0. The summed E-state index contributed by atoms with van der Waals surface area (Å²) in [6.07, 6.45) is 1.29. The molecule has 3 aromatic rings. The average molecular weight is 676 g/mol. The fraction of sp³-hybridized carbons (Fsp3) is 0.486.